The molecule has 1 amide bonds. The number of aromatic nitrogens is 1. The van der Waals surface area contributed by atoms with Crippen LogP contribution >= 0.6 is 0 Å². The van der Waals surface area contributed by atoms with E-state index in [9.17, 15) is 9.59 Å². The van der Waals surface area contributed by atoms with Gasteiger partial charge in [0.2, 0.25) is 0 Å². The van der Waals surface area contributed by atoms with Gasteiger partial charge < -0.3 is 10.4 Å². The van der Waals surface area contributed by atoms with Gasteiger partial charge in [-0.15, -0.1) is 6.58 Å². The zero-order valence-corrected chi connectivity index (χ0v) is 7.93. The molecule has 0 atom stereocenters. The topological polar surface area (TPSA) is 79.3 Å². The van der Waals surface area contributed by atoms with Gasteiger partial charge in [-0.05, 0) is 12.1 Å². The summed E-state index contributed by atoms with van der Waals surface area (Å²) in [7, 11) is 0. The molecule has 1 aromatic heterocycles. The van der Waals surface area contributed by atoms with Gasteiger partial charge in [-0.25, -0.2) is 9.78 Å². The molecule has 1 aromatic rings. The summed E-state index contributed by atoms with van der Waals surface area (Å²) in [6, 6.07) is 2.67. The van der Waals surface area contributed by atoms with E-state index in [2.05, 4.69) is 16.9 Å². The highest BCUT2D eigenvalue weighted by Crippen LogP contribution is 2.01. The third kappa shape index (κ3) is 2.91. The Morgan fingerprint density at radius 3 is 2.93 bits per heavy atom. The number of carboxylic acid groups (broad SMARTS) is 1. The number of nitrogens with zero attached hydrogens (tertiary/aromatic N) is 1. The smallest absolute Gasteiger partial charge is 0.354 e. The third-order valence-corrected chi connectivity index (χ3v) is 1.65. The predicted molar refractivity (Wildman–Crippen MR) is 53.7 cm³/mol. The summed E-state index contributed by atoms with van der Waals surface area (Å²) in [5.41, 5.74) is 0.116. The summed E-state index contributed by atoms with van der Waals surface area (Å²) < 4.78 is 0. The first-order valence-electron chi connectivity index (χ1n) is 4.23. The van der Waals surface area contributed by atoms with E-state index in [-0.39, 0.29) is 17.2 Å². The molecule has 0 unspecified atom stereocenters. The fraction of sp³-hybridized carbons (Fsp3) is 0.100. The van der Waals surface area contributed by atoms with Gasteiger partial charge in [0.1, 0.15) is 5.69 Å². The predicted octanol–water partition coefficient (Wildman–Crippen LogP) is 0.696. The Labute approximate surface area is 86.5 Å². The van der Waals surface area contributed by atoms with Gasteiger partial charge in [0, 0.05) is 18.3 Å². The van der Waals surface area contributed by atoms with E-state index in [1.807, 2.05) is 0 Å². The van der Waals surface area contributed by atoms with Crippen LogP contribution in [-0.2, 0) is 0 Å². The summed E-state index contributed by atoms with van der Waals surface area (Å²) in [5.74, 6) is -1.51. The molecule has 0 bridgehead atoms. The molecule has 0 saturated heterocycles. The van der Waals surface area contributed by atoms with Crippen molar-refractivity contribution in [2.75, 3.05) is 6.54 Å². The lowest BCUT2D eigenvalue weighted by Crippen LogP contribution is -2.23. The second-order valence-corrected chi connectivity index (χ2v) is 2.73. The lowest BCUT2D eigenvalue weighted by atomic mass is 10.2. The van der Waals surface area contributed by atoms with Crippen molar-refractivity contribution in [2.45, 2.75) is 0 Å². The standard InChI is InChI=1S/C10H10N2O3/c1-2-4-12-9(13)7-3-5-11-8(6-7)10(14)15/h2-3,5-6H,1,4H2,(H,12,13)(H,14,15). The van der Waals surface area contributed by atoms with Crippen LogP contribution in [0.3, 0.4) is 0 Å². The third-order valence-electron chi connectivity index (χ3n) is 1.65. The van der Waals surface area contributed by atoms with Crippen LogP contribution in [0.2, 0.25) is 0 Å². The Morgan fingerprint density at radius 1 is 1.60 bits per heavy atom. The first-order chi connectivity index (χ1) is 7.15. The Bertz CT molecular complexity index is 401. The zero-order valence-electron chi connectivity index (χ0n) is 7.93. The summed E-state index contributed by atoms with van der Waals surface area (Å²) >= 11 is 0. The summed E-state index contributed by atoms with van der Waals surface area (Å²) in [6.07, 6.45) is 2.82. The maximum atomic E-state index is 11.4. The number of carboxylic acids is 1. The number of pyridine rings is 1. The van der Waals surface area contributed by atoms with Crippen LogP contribution in [0, 0.1) is 0 Å². The van der Waals surface area contributed by atoms with Crippen molar-refractivity contribution in [1.82, 2.24) is 10.3 Å². The monoisotopic (exact) mass is 206 g/mol. The van der Waals surface area contributed by atoms with Crippen molar-refractivity contribution >= 4 is 11.9 Å². The minimum Gasteiger partial charge on any atom is -0.477 e. The summed E-state index contributed by atoms with van der Waals surface area (Å²) in [4.78, 5) is 25.6. The second-order valence-electron chi connectivity index (χ2n) is 2.73. The average Bonchev–Trinajstić information content (AvgIpc) is 2.26. The van der Waals surface area contributed by atoms with Crippen LogP contribution < -0.4 is 5.32 Å². The molecule has 5 heteroatoms. The lowest BCUT2D eigenvalue weighted by Gasteiger charge is -2.02. The molecule has 0 aliphatic carbocycles. The van der Waals surface area contributed by atoms with E-state index in [0.29, 0.717) is 6.54 Å². The maximum Gasteiger partial charge on any atom is 0.354 e. The van der Waals surface area contributed by atoms with Crippen molar-refractivity contribution in [3.63, 3.8) is 0 Å². The molecule has 5 nitrogen and oxygen atoms in total. The zero-order chi connectivity index (χ0) is 11.3. The molecule has 0 aliphatic rings. The van der Waals surface area contributed by atoms with E-state index in [4.69, 9.17) is 5.11 Å². The van der Waals surface area contributed by atoms with Crippen molar-refractivity contribution < 1.29 is 14.7 Å². The second kappa shape index (κ2) is 4.90. The normalized spacial score (nSPS) is 9.33. The number of rotatable bonds is 4. The molecule has 0 saturated carbocycles. The highest BCUT2D eigenvalue weighted by Gasteiger charge is 2.09. The summed E-state index contributed by atoms with van der Waals surface area (Å²) in [5, 5.41) is 11.2. The van der Waals surface area contributed by atoms with Gasteiger partial charge in [-0.3, -0.25) is 4.79 Å². The van der Waals surface area contributed by atoms with Gasteiger partial charge >= 0.3 is 5.97 Å². The Kier molecular flexibility index (Phi) is 3.56. The number of aromatic carboxylic acids is 1. The fourth-order valence-electron chi connectivity index (χ4n) is 0.956. The Balaban J connectivity index is 2.85. The van der Waals surface area contributed by atoms with Crippen molar-refractivity contribution in [1.29, 1.82) is 0 Å². The van der Waals surface area contributed by atoms with Gasteiger partial charge in [0.15, 0.2) is 0 Å². The quantitative estimate of drug-likeness (QED) is 0.710. The molecule has 1 rings (SSSR count). The molecule has 0 aliphatic heterocycles. The molecule has 1 heterocycles. The minimum absolute atomic E-state index is 0.152. The van der Waals surface area contributed by atoms with Crippen LogP contribution in [0.4, 0.5) is 0 Å². The molecule has 15 heavy (non-hydrogen) atoms. The van der Waals surface area contributed by atoms with Crippen LogP contribution in [0.25, 0.3) is 0 Å². The first kappa shape index (κ1) is 10.9. The van der Waals surface area contributed by atoms with E-state index in [1.54, 1.807) is 0 Å². The maximum absolute atomic E-state index is 11.4. The molecular weight excluding hydrogens is 196 g/mol. The molecule has 78 valence electrons. The van der Waals surface area contributed by atoms with Gasteiger partial charge in [-0.2, -0.15) is 0 Å². The van der Waals surface area contributed by atoms with Crippen LogP contribution in [-0.4, -0.2) is 28.5 Å². The number of amides is 1. The van der Waals surface area contributed by atoms with E-state index in [1.165, 1.54) is 24.4 Å². The van der Waals surface area contributed by atoms with Crippen molar-refractivity contribution in [3.05, 3.63) is 42.2 Å². The van der Waals surface area contributed by atoms with Crippen LogP contribution in [0.15, 0.2) is 31.0 Å². The lowest BCUT2D eigenvalue weighted by molar-refractivity contribution is 0.0690. The SMILES string of the molecule is C=CCNC(=O)c1ccnc(C(=O)O)c1. The molecule has 2 N–H and O–H groups in total. The number of nitrogens with one attached hydrogen (secondary N) is 1. The minimum atomic E-state index is -1.16. The highest BCUT2D eigenvalue weighted by atomic mass is 16.4. The Morgan fingerprint density at radius 2 is 2.33 bits per heavy atom. The number of carbonyl (C=O) groups excluding carboxylic acids is 1. The van der Waals surface area contributed by atoms with Crippen molar-refractivity contribution in [2.24, 2.45) is 0 Å². The fourth-order valence-corrected chi connectivity index (χ4v) is 0.956. The Hall–Kier alpha value is -2.17. The molecule has 0 radical (unpaired) electrons. The molecule has 0 fully saturated rings. The van der Waals surface area contributed by atoms with Gasteiger partial charge in [0.05, 0.1) is 0 Å². The number of hydrogen-bond donors (Lipinski definition) is 2. The summed E-state index contributed by atoms with van der Waals surface area (Å²) in [6.45, 7) is 3.79. The number of hydrogen-bond acceptors (Lipinski definition) is 3. The molecule has 0 spiro atoms. The first-order valence-corrected chi connectivity index (χ1v) is 4.23. The molecule has 0 aromatic carbocycles. The van der Waals surface area contributed by atoms with E-state index in [0.717, 1.165) is 0 Å². The largest absolute Gasteiger partial charge is 0.477 e. The number of carbonyl (C=O) groups is 2. The molecular formula is C10H10N2O3. The van der Waals surface area contributed by atoms with Crippen LogP contribution in [0.1, 0.15) is 20.8 Å². The van der Waals surface area contributed by atoms with Gasteiger partial charge in [-0.1, -0.05) is 6.08 Å². The van der Waals surface area contributed by atoms with Crippen LogP contribution in [0.5, 0.6) is 0 Å². The average molecular weight is 206 g/mol. The highest BCUT2D eigenvalue weighted by molar-refractivity contribution is 5.96. The van der Waals surface area contributed by atoms with Crippen molar-refractivity contribution in [3.8, 4) is 0 Å². The van der Waals surface area contributed by atoms with Gasteiger partial charge in [0.25, 0.3) is 5.91 Å². The van der Waals surface area contributed by atoms with E-state index >= 15 is 0 Å². The van der Waals surface area contributed by atoms with E-state index < -0.39 is 5.97 Å².